The molecule has 1 aromatic carbocycles. The lowest BCUT2D eigenvalue weighted by Crippen LogP contribution is -2.42. The molecule has 1 aliphatic rings. The summed E-state index contributed by atoms with van der Waals surface area (Å²) in [4.78, 5) is 33.1. The average molecular weight is 548 g/mol. The third-order valence-electron chi connectivity index (χ3n) is 5.92. The maximum Gasteiger partial charge on any atom is 0.435 e. The molecule has 1 fully saturated rings. The molecule has 4 aromatic rings. The second kappa shape index (κ2) is 10.3. The summed E-state index contributed by atoms with van der Waals surface area (Å²) in [5.74, 6) is -0.556. The van der Waals surface area contributed by atoms with Crippen LogP contribution in [0.4, 0.5) is 24.7 Å². The number of amides is 2. The van der Waals surface area contributed by atoms with Crippen LogP contribution in [0.15, 0.2) is 43.0 Å². The molecular weight excluding hydrogens is 527 g/mol. The van der Waals surface area contributed by atoms with Crippen molar-refractivity contribution in [3.63, 3.8) is 0 Å². The Morgan fingerprint density at radius 3 is 2.82 bits per heavy atom. The number of nitrogens with one attached hydrogen (secondary N) is 5. The monoisotopic (exact) mass is 547 g/mol. The van der Waals surface area contributed by atoms with E-state index < -0.39 is 17.8 Å². The Bertz CT molecular complexity index is 1500. The molecule has 1 atom stereocenters. The van der Waals surface area contributed by atoms with Gasteiger partial charge in [0.25, 0.3) is 5.91 Å². The Hall–Kier alpha value is -4.17. The number of fused-ring (bicyclic) bond motifs is 1. The minimum atomic E-state index is -4.64. The van der Waals surface area contributed by atoms with Gasteiger partial charge in [0, 0.05) is 36.9 Å². The standard InChI is InChI=1S/C23H21ClF3N9O2/c24-16-7-12(1-2-14(16)22(38)31-11-18(37)33-13-3-4-28-8-13)34-20-21-30-10-17(36(21)6-5-29-20)15-9-32-35-19(15)23(25,26)27/h1-2,5-7,9-10,13,28H,3-4,8,11H2,(H,29,34)(H,31,38)(H,32,35)(H,33,37)/t13-/m1/s1. The fourth-order valence-electron chi connectivity index (χ4n) is 4.13. The van der Waals surface area contributed by atoms with Gasteiger partial charge in [-0.15, -0.1) is 0 Å². The molecule has 0 radical (unpaired) electrons. The van der Waals surface area contributed by atoms with Gasteiger partial charge in [0.1, 0.15) is 0 Å². The van der Waals surface area contributed by atoms with Crippen molar-refractivity contribution in [1.82, 2.24) is 40.5 Å². The molecule has 11 nitrogen and oxygen atoms in total. The summed E-state index contributed by atoms with van der Waals surface area (Å²) in [5.41, 5.74) is -0.152. The van der Waals surface area contributed by atoms with Crippen LogP contribution in [-0.4, -0.2) is 62.1 Å². The molecule has 1 saturated heterocycles. The van der Waals surface area contributed by atoms with Crippen LogP contribution in [0.1, 0.15) is 22.5 Å². The topological polar surface area (TPSA) is 141 Å². The summed E-state index contributed by atoms with van der Waals surface area (Å²) in [7, 11) is 0. The Kier molecular flexibility index (Phi) is 6.91. The smallest absolute Gasteiger partial charge is 0.351 e. The van der Waals surface area contributed by atoms with E-state index in [0.29, 0.717) is 12.2 Å². The largest absolute Gasteiger partial charge is 0.435 e. The first kappa shape index (κ1) is 25.5. The number of imidazole rings is 1. The highest BCUT2D eigenvalue weighted by molar-refractivity contribution is 6.34. The van der Waals surface area contributed by atoms with Crippen LogP contribution in [0.2, 0.25) is 5.02 Å². The minimum absolute atomic E-state index is 0.0453. The van der Waals surface area contributed by atoms with Crippen LogP contribution in [0.3, 0.4) is 0 Å². The number of alkyl halides is 3. The molecule has 2 amide bonds. The van der Waals surface area contributed by atoms with Gasteiger partial charge < -0.3 is 21.3 Å². The first-order valence-corrected chi connectivity index (χ1v) is 11.9. The zero-order chi connectivity index (χ0) is 26.9. The second-order valence-electron chi connectivity index (χ2n) is 8.52. The summed E-state index contributed by atoms with van der Waals surface area (Å²) in [6, 6.07) is 4.60. The number of carbonyl (C=O) groups is 2. The van der Waals surface area contributed by atoms with E-state index in [9.17, 15) is 22.8 Å². The number of aromatic nitrogens is 5. The van der Waals surface area contributed by atoms with Crippen LogP contribution in [0, 0.1) is 0 Å². The highest BCUT2D eigenvalue weighted by Gasteiger charge is 2.37. The Morgan fingerprint density at radius 1 is 1.24 bits per heavy atom. The van der Waals surface area contributed by atoms with Gasteiger partial charge >= 0.3 is 6.18 Å². The van der Waals surface area contributed by atoms with Crippen LogP contribution >= 0.6 is 11.6 Å². The Morgan fingerprint density at radius 2 is 2.08 bits per heavy atom. The molecule has 38 heavy (non-hydrogen) atoms. The fraction of sp³-hybridized carbons (Fsp3) is 0.261. The molecule has 0 aliphatic carbocycles. The van der Waals surface area contributed by atoms with Crippen LogP contribution in [0.5, 0.6) is 0 Å². The lowest BCUT2D eigenvalue weighted by molar-refractivity contribution is -0.140. The van der Waals surface area contributed by atoms with Gasteiger partial charge in [-0.3, -0.25) is 19.1 Å². The first-order chi connectivity index (χ1) is 18.2. The quantitative estimate of drug-likeness (QED) is 0.239. The lowest BCUT2D eigenvalue weighted by atomic mass is 10.2. The van der Waals surface area contributed by atoms with Gasteiger partial charge in [-0.05, 0) is 31.2 Å². The second-order valence-corrected chi connectivity index (χ2v) is 8.92. The van der Waals surface area contributed by atoms with Gasteiger partial charge in [0.15, 0.2) is 17.2 Å². The highest BCUT2D eigenvalue weighted by atomic mass is 35.5. The highest BCUT2D eigenvalue weighted by Crippen LogP contribution is 2.36. The molecule has 0 spiro atoms. The van der Waals surface area contributed by atoms with Crippen molar-refractivity contribution in [2.45, 2.75) is 18.6 Å². The molecule has 5 N–H and O–H groups in total. The van der Waals surface area contributed by atoms with E-state index in [1.54, 1.807) is 6.07 Å². The number of anilines is 2. The van der Waals surface area contributed by atoms with Crippen molar-refractivity contribution in [2.75, 3.05) is 25.0 Å². The van der Waals surface area contributed by atoms with E-state index in [-0.39, 0.29) is 51.8 Å². The van der Waals surface area contributed by atoms with Gasteiger partial charge in [0.2, 0.25) is 5.91 Å². The Labute approximate surface area is 218 Å². The molecular formula is C23H21ClF3N9O2. The fourth-order valence-corrected chi connectivity index (χ4v) is 4.40. The molecule has 15 heteroatoms. The average Bonchev–Trinajstić information content (AvgIpc) is 3.63. The van der Waals surface area contributed by atoms with Crippen molar-refractivity contribution in [3.05, 3.63) is 59.3 Å². The molecule has 4 heterocycles. The zero-order valence-electron chi connectivity index (χ0n) is 19.6. The van der Waals surface area contributed by atoms with Crippen molar-refractivity contribution < 1.29 is 22.8 Å². The van der Waals surface area contributed by atoms with Gasteiger partial charge in [-0.25, -0.2) is 9.97 Å². The molecule has 1 aliphatic heterocycles. The van der Waals surface area contributed by atoms with Gasteiger partial charge in [-0.2, -0.15) is 18.3 Å². The van der Waals surface area contributed by atoms with E-state index >= 15 is 0 Å². The number of hydrogen-bond donors (Lipinski definition) is 5. The van der Waals surface area contributed by atoms with E-state index in [4.69, 9.17) is 11.6 Å². The van der Waals surface area contributed by atoms with Crippen LogP contribution < -0.4 is 21.3 Å². The first-order valence-electron chi connectivity index (χ1n) is 11.5. The van der Waals surface area contributed by atoms with Gasteiger partial charge in [-0.1, -0.05) is 11.6 Å². The maximum absolute atomic E-state index is 13.3. The number of nitrogens with zero attached hydrogens (tertiary/aromatic N) is 4. The van der Waals surface area contributed by atoms with Crippen molar-refractivity contribution in [3.8, 4) is 11.3 Å². The molecule has 5 rings (SSSR count). The van der Waals surface area contributed by atoms with E-state index in [1.165, 1.54) is 35.1 Å². The molecule has 0 saturated carbocycles. The predicted molar refractivity (Wildman–Crippen MR) is 132 cm³/mol. The number of H-pyrrole nitrogens is 1. The maximum atomic E-state index is 13.3. The van der Waals surface area contributed by atoms with E-state index in [2.05, 4.69) is 41.4 Å². The predicted octanol–water partition coefficient (Wildman–Crippen LogP) is 2.74. The Balaban J connectivity index is 1.30. The lowest BCUT2D eigenvalue weighted by Gasteiger charge is -2.13. The molecule has 3 aromatic heterocycles. The van der Waals surface area contributed by atoms with Crippen molar-refractivity contribution >= 4 is 40.6 Å². The summed E-state index contributed by atoms with van der Waals surface area (Å²) < 4.78 is 41.5. The normalized spacial score (nSPS) is 15.5. The summed E-state index contributed by atoms with van der Waals surface area (Å²) in [6.45, 7) is 1.34. The number of halogens is 4. The summed E-state index contributed by atoms with van der Waals surface area (Å²) in [5, 5.41) is 17.2. The van der Waals surface area contributed by atoms with Crippen LogP contribution in [0.25, 0.3) is 16.9 Å². The number of carbonyl (C=O) groups excluding carboxylic acids is 2. The molecule has 0 bridgehead atoms. The molecule has 0 unspecified atom stereocenters. The van der Waals surface area contributed by atoms with E-state index in [0.717, 1.165) is 19.2 Å². The SMILES string of the molecule is O=C(CNC(=O)c1ccc(Nc2nccn3c(-c4c[nH]nc4C(F)(F)F)cnc23)cc1Cl)N[C@@H]1CCNC1. The number of benzene rings is 1. The minimum Gasteiger partial charge on any atom is -0.351 e. The number of aromatic amines is 1. The van der Waals surface area contributed by atoms with Crippen molar-refractivity contribution in [2.24, 2.45) is 0 Å². The summed E-state index contributed by atoms with van der Waals surface area (Å²) >= 11 is 6.33. The third-order valence-corrected chi connectivity index (χ3v) is 6.24. The summed E-state index contributed by atoms with van der Waals surface area (Å²) in [6.07, 6.45) is 1.52. The number of rotatable bonds is 7. The van der Waals surface area contributed by atoms with Crippen LogP contribution in [-0.2, 0) is 11.0 Å². The molecule has 198 valence electrons. The zero-order valence-corrected chi connectivity index (χ0v) is 20.3. The third kappa shape index (κ3) is 5.26. The van der Waals surface area contributed by atoms with Crippen molar-refractivity contribution in [1.29, 1.82) is 0 Å². The van der Waals surface area contributed by atoms with E-state index in [1.807, 2.05) is 0 Å². The number of hydrogen-bond acceptors (Lipinski definition) is 7. The van der Waals surface area contributed by atoms with Gasteiger partial charge in [0.05, 0.1) is 34.6 Å².